The van der Waals surface area contributed by atoms with Gasteiger partial charge in [0.2, 0.25) is 0 Å². The standard InChI is InChI=1S/C44H32N6O4/c1-51-39-15-13-25(17-41(39)53-3)29-19-37(49-43(31(29)21-45)33-23-47-35-11-7-5-9-27(33)35)38-20-30(26-14-16-40(52-2)42(18-26)54-4)32(22-46)44(50-38)34-24-48-36-12-8-6-10-28(34)36/h5-20,23-24,47-48H,1-4H3. The lowest BCUT2D eigenvalue weighted by atomic mass is 9.92. The van der Waals surface area contributed by atoms with Crippen molar-refractivity contribution < 1.29 is 18.9 Å². The molecule has 4 aromatic heterocycles. The number of hydrogen-bond donors (Lipinski definition) is 2. The number of hydrogen-bond acceptors (Lipinski definition) is 8. The quantitative estimate of drug-likeness (QED) is 0.151. The van der Waals surface area contributed by atoms with E-state index in [0.717, 1.165) is 44.1 Å². The lowest BCUT2D eigenvalue weighted by molar-refractivity contribution is 0.355. The topological polar surface area (TPSA) is 142 Å². The maximum Gasteiger partial charge on any atom is 0.161 e. The predicted molar refractivity (Wildman–Crippen MR) is 209 cm³/mol. The van der Waals surface area contributed by atoms with Crippen LogP contribution in [0.1, 0.15) is 11.1 Å². The molecule has 0 bridgehead atoms. The fourth-order valence-corrected chi connectivity index (χ4v) is 6.97. The summed E-state index contributed by atoms with van der Waals surface area (Å²) < 4.78 is 22.4. The molecule has 0 fully saturated rings. The second-order valence-corrected chi connectivity index (χ2v) is 12.4. The highest BCUT2D eigenvalue weighted by atomic mass is 16.5. The SMILES string of the molecule is COc1ccc(-c2cc(-c3cc(-c4ccc(OC)c(OC)c4)c(C#N)c(-c4c[nH]c5ccccc45)n3)nc(-c3c[nH]c4ccccc34)c2C#N)cc1OC. The van der Waals surface area contributed by atoms with Gasteiger partial charge in [0, 0.05) is 56.5 Å². The molecule has 0 saturated carbocycles. The summed E-state index contributed by atoms with van der Waals surface area (Å²) in [5, 5.41) is 23.4. The van der Waals surface area contributed by atoms with Crippen molar-refractivity contribution in [2.75, 3.05) is 28.4 Å². The van der Waals surface area contributed by atoms with Gasteiger partial charge >= 0.3 is 0 Å². The number of pyridine rings is 2. The predicted octanol–water partition coefficient (Wildman–Crippen LogP) is 9.55. The molecule has 0 aliphatic heterocycles. The van der Waals surface area contributed by atoms with Crippen LogP contribution in [0.2, 0.25) is 0 Å². The van der Waals surface area contributed by atoms with Crippen molar-refractivity contribution in [2.45, 2.75) is 0 Å². The summed E-state index contributed by atoms with van der Waals surface area (Å²) >= 11 is 0. The van der Waals surface area contributed by atoms with E-state index in [2.05, 4.69) is 22.1 Å². The minimum absolute atomic E-state index is 0.376. The van der Waals surface area contributed by atoms with E-state index in [0.29, 0.717) is 68.0 Å². The maximum absolute atomic E-state index is 10.8. The van der Waals surface area contributed by atoms with Crippen LogP contribution in [-0.4, -0.2) is 48.4 Å². The Balaban J connectivity index is 1.47. The highest BCUT2D eigenvalue weighted by Crippen LogP contribution is 2.43. The van der Waals surface area contributed by atoms with Gasteiger partial charge in [0.1, 0.15) is 12.1 Å². The highest BCUT2D eigenvalue weighted by molar-refractivity contribution is 6.00. The van der Waals surface area contributed by atoms with E-state index in [1.165, 1.54) is 0 Å². The summed E-state index contributed by atoms with van der Waals surface area (Å²) in [5.41, 5.74) is 8.71. The molecule has 0 aliphatic rings. The van der Waals surface area contributed by atoms with Crippen LogP contribution in [0.4, 0.5) is 0 Å². The second-order valence-electron chi connectivity index (χ2n) is 12.4. The molecule has 0 amide bonds. The Morgan fingerprint density at radius 1 is 0.481 bits per heavy atom. The molecule has 2 N–H and O–H groups in total. The number of benzene rings is 4. The number of nitriles is 2. The van der Waals surface area contributed by atoms with Crippen molar-refractivity contribution in [3.05, 3.63) is 121 Å². The third-order valence-electron chi connectivity index (χ3n) is 9.60. The number of aromatic amines is 2. The summed E-state index contributed by atoms with van der Waals surface area (Å²) in [6.45, 7) is 0. The van der Waals surface area contributed by atoms with Gasteiger partial charge in [0.15, 0.2) is 23.0 Å². The van der Waals surface area contributed by atoms with Crippen LogP contribution in [0.15, 0.2) is 109 Å². The number of aromatic nitrogens is 4. The molecule has 10 nitrogen and oxygen atoms in total. The number of nitrogens with zero attached hydrogens (tertiary/aromatic N) is 4. The van der Waals surface area contributed by atoms with Crippen molar-refractivity contribution in [1.29, 1.82) is 10.5 Å². The van der Waals surface area contributed by atoms with E-state index in [4.69, 9.17) is 28.9 Å². The van der Waals surface area contributed by atoms with Gasteiger partial charge in [-0.3, -0.25) is 0 Å². The second kappa shape index (κ2) is 13.9. The molecule has 0 spiro atoms. The zero-order valence-corrected chi connectivity index (χ0v) is 29.8. The molecule has 0 radical (unpaired) electrons. The molecule has 0 atom stereocenters. The molecule has 0 aliphatic carbocycles. The van der Waals surface area contributed by atoms with E-state index in [1.54, 1.807) is 28.4 Å². The van der Waals surface area contributed by atoms with Crippen LogP contribution in [0.3, 0.4) is 0 Å². The average molecular weight is 709 g/mol. The number of ether oxygens (including phenoxy) is 4. The molecule has 10 heteroatoms. The van der Waals surface area contributed by atoms with Crippen molar-refractivity contribution in [3.63, 3.8) is 0 Å². The molecule has 8 aromatic rings. The summed E-state index contributed by atoms with van der Waals surface area (Å²) in [6, 6.07) is 35.5. The minimum atomic E-state index is 0.376. The normalized spacial score (nSPS) is 10.9. The first-order valence-corrected chi connectivity index (χ1v) is 17.0. The first kappa shape index (κ1) is 33.6. The fraction of sp³-hybridized carbons (Fsp3) is 0.0909. The first-order chi connectivity index (χ1) is 26.5. The zero-order valence-electron chi connectivity index (χ0n) is 29.8. The third-order valence-corrected chi connectivity index (χ3v) is 9.60. The average Bonchev–Trinajstić information content (AvgIpc) is 3.87. The summed E-state index contributed by atoms with van der Waals surface area (Å²) in [5.74, 6) is 2.14. The van der Waals surface area contributed by atoms with Gasteiger partial charge in [-0.15, -0.1) is 0 Å². The number of rotatable bonds is 9. The summed E-state index contributed by atoms with van der Waals surface area (Å²) in [4.78, 5) is 17.1. The highest BCUT2D eigenvalue weighted by Gasteiger charge is 2.24. The van der Waals surface area contributed by atoms with Crippen LogP contribution in [-0.2, 0) is 0 Å². The molecule has 4 aromatic carbocycles. The van der Waals surface area contributed by atoms with Gasteiger partial charge in [-0.1, -0.05) is 48.5 Å². The molecule has 8 rings (SSSR count). The molecular formula is C44H32N6O4. The summed E-state index contributed by atoms with van der Waals surface area (Å²) in [6.07, 6.45) is 3.74. The number of nitrogens with one attached hydrogen (secondary N) is 2. The van der Waals surface area contributed by atoms with Gasteiger partial charge in [-0.2, -0.15) is 10.5 Å². The van der Waals surface area contributed by atoms with Gasteiger partial charge in [0.25, 0.3) is 0 Å². The van der Waals surface area contributed by atoms with Crippen molar-refractivity contribution in [3.8, 4) is 91.3 Å². The molecule has 262 valence electrons. The van der Waals surface area contributed by atoms with Crippen molar-refractivity contribution >= 4 is 21.8 Å². The van der Waals surface area contributed by atoms with E-state index < -0.39 is 0 Å². The fourth-order valence-electron chi connectivity index (χ4n) is 6.97. The lowest BCUT2D eigenvalue weighted by Crippen LogP contribution is -2.01. The van der Waals surface area contributed by atoms with Gasteiger partial charge in [0.05, 0.1) is 62.3 Å². The van der Waals surface area contributed by atoms with E-state index in [9.17, 15) is 10.5 Å². The van der Waals surface area contributed by atoms with Crippen LogP contribution >= 0.6 is 0 Å². The van der Waals surface area contributed by atoms with E-state index in [1.807, 2.05) is 109 Å². The Morgan fingerprint density at radius 2 is 0.889 bits per heavy atom. The Hall–Kier alpha value is -7.56. The Bertz CT molecular complexity index is 2630. The smallest absolute Gasteiger partial charge is 0.161 e. The van der Waals surface area contributed by atoms with Crippen LogP contribution in [0.25, 0.3) is 78.0 Å². The molecular weight excluding hydrogens is 677 g/mol. The van der Waals surface area contributed by atoms with Crippen LogP contribution in [0.5, 0.6) is 23.0 Å². The van der Waals surface area contributed by atoms with E-state index >= 15 is 0 Å². The maximum atomic E-state index is 10.8. The Morgan fingerprint density at radius 3 is 1.28 bits per heavy atom. The molecule has 0 unspecified atom stereocenters. The largest absolute Gasteiger partial charge is 0.493 e. The molecule has 54 heavy (non-hydrogen) atoms. The molecule has 4 heterocycles. The van der Waals surface area contributed by atoms with Crippen molar-refractivity contribution in [1.82, 2.24) is 19.9 Å². The number of methoxy groups -OCH3 is 4. The summed E-state index contributed by atoms with van der Waals surface area (Å²) in [7, 11) is 6.31. The van der Waals surface area contributed by atoms with Gasteiger partial charge < -0.3 is 28.9 Å². The lowest BCUT2D eigenvalue weighted by Gasteiger charge is -2.17. The Kier molecular flexibility index (Phi) is 8.62. The number of H-pyrrole nitrogens is 2. The van der Waals surface area contributed by atoms with Crippen molar-refractivity contribution in [2.24, 2.45) is 0 Å². The number of fused-ring (bicyclic) bond motifs is 2. The zero-order chi connectivity index (χ0) is 37.3. The van der Waals surface area contributed by atoms with Gasteiger partial charge in [-0.25, -0.2) is 9.97 Å². The van der Waals surface area contributed by atoms with Crippen LogP contribution < -0.4 is 18.9 Å². The first-order valence-electron chi connectivity index (χ1n) is 17.0. The Labute approximate surface area is 310 Å². The monoisotopic (exact) mass is 708 g/mol. The van der Waals surface area contributed by atoms with Crippen LogP contribution in [0, 0.1) is 22.7 Å². The third kappa shape index (κ3) is 5.59. The minimum Gasteiger partial charge on any atom is -0.493 e. The number of para-hydroxylation sites is 2. The van der Waals surface area contributed by atoms with Gasteiger partial charge in [-0.05, 0) is 59.7 Å². The molecule has 0 saturated heterocycles. The van der Waals surface area contributed by atoms with E-state index in [-0.39, 0.29) is 0 Å².